The zero-order valence-electron chi connectivity index (χ0n) is 27.8. The van der Waals surface area contributed by atoms with Crippen molar-refractivity contribution in [2.75, 3.05) is 6.61 Å². The van der Waals surface area contributed by atoms with Gasteiger partial charge in [-0.2, -0.15) is 0 Å². The van der Waals surface area contributed by atoms with Gasteiger partial charge in [-0.3, -0.25) is 9.59 Å². The lowest BCUT2D eigenvalue weighted by Crippen LogP contribution is -2.32. The van der Waals surface area contributed by atoms with Crippen molar-refractivity contribution in [3.8, 4) is 0 Å². The zero-order valence-corrected chi connectivity index (χ0v) is 27.8. The van der Waals surface area contributed by atoms with E-state index in [2.05, 4.69) is 41.5 Å². The summed E-state index contributed by atoms with van der Waals surface area (Å²) in [6.07, 6.45) is 25.3. The number of carboxylic acid groups (broad SMARTS) is 1. The summed E-state index contributed by atoms with van der Waals surface area (Å²) in [7, 11) is 0. The molecule has 0 aliphatic heterocycles. The Labute approximate surface area is 250 Å². The van der Waals surface area contributed by atoms with E-state index in [9.17, 15) is 9.59 Å². The Balaban J connectivity index is 4.71. The molecule has 4 unspecified atom stereocenters. The van der Waals surface area contributed by atoms with Gasteiger partial charge in [0.2, 0.25) is 0 Å². The normalized spacial score (nSPS) is 14.7. The number of ether oxygens (including phenoxy) is 1. The van der Waals surface area contributed by atoms with E-state index < -0.39 is 5.97 Å². The minimum Gasteiger partial charge on any atom is -0.481 e. The molecule has 4 heteroatoms. The molecule has 4 atom stereocenters. The van der Waals surface area contributed by atoms with E-state index in [4.69, 9.17) is 9.84 Å². The number of hydrogen-bond donors (Lipinski definition) is 1. The van der Waals surface area contributed by atoms with Crippen LogP contribution in [0.4, 0.5) is 0 Å². The van der Waals surface area contributed by atoms with Crippen molar-refractivity contribution < 1.29 is 19.4 Å². The lowest BCUT2D eigenvalue weighted by molar-refractivity contribution is -0.154. The van der Waals surface area contributed by atoms with Crippen LogP contribution in [-0.4, -0.2) is 23.7 Å². The smallest absolute Gasteiger partial charge is 0.309 e. The van der Waals surface area contributed by atoms with Crippen molar-refractivity contribution in [3.05, 3.63) is 0 Å². The molecule has 0 aromatic heterocycles. The third kappa shape index (κ3) is 20.8. The molecule has 0 aromatic rings. The molecular formula is C36H70O4. The van der Waals surface area contributed by atoms with Gasteiger partial charge in [0.1, 0.15) is 0 Å². The highest BCUT2D eigenvalue weighted by atomic mass is 16.5. The van der Waals surface area contributed by atoms with Crippen LogP contribution in [0.3, 0.4) is 0 Å². The summed E-state index contributed by atoms with van der Waals surface area (Å²) >= 11 is 0. The number of aliphatic carboxylic acids is 1. The van der Waals surface area contributed by atoms with Gasteiger partial charge >= 0.3 is 11.9 Å². The molecule has 0 aromatic carbocycles. The van der Waals surface area contributed by atoms with Crippen LogP contribution in [0.5, 0.6) is 0 Å². The molecule has 0 spiro atoms. The van der Waals surface area contributed by atoms with Gasteiger partial charge in [-0.1, -0.05) is 151 Å². The molecule has 0 aliphatic rings. The molecule has 0 radical (unpaired) electrons. The lowest BCUT2D eigenvalue weighted by Gasteiger charge is -2.32. The highest BCUT2D eigenvalue weighted by Gasteiger charge is 2.33. The fraction of sp³-hybridized carbons (Fsp3) is 0.944. The first kappa shape index (κ1) is 38.9. The minimum absolute atomic E-state index is 0.0426. The van der Waals surface area contributed by atoms with Crippen LogP contribution >= 0.6 is 0 Å². The van der Waals surface area contributed by atoms with Crippen molar-refractivity contribution in [2.45, 2.75) is 183 Å². The second-order valence-electron chi connectivity index (χ2n) is 13.0. The number of carbonyl (C=O) groups excluding carboxylic acids is 1. The second kappa shape index (κ2) is 26.8. The van der Waals surface area contributed by atoms with Crippen LogP contribution in [0, 0.1) is 29.6 Å². The molecule has 0 saturated heterocycles. The lowest BCUT2D eigenvalue weighted by atomic mass is 9.74. The maximum atomic E-state index is 13.6. The Morgan fingerprint density at radius 1 is 0.625 bits per heavy atom. The largest absolute Gasteiger partial charge is 0.481 e. The second-order valence-corrected chi connectivity index (χ2v) is 13.0. The summed E-state index contributed by atoms with van der Waals surface area (Å²) < 4.78 is 6.09. The number of unbranched alkanes of at least 4 members (excludes halogenated alkanes) is 12. The average Bonchev–Trinajstić information content (AvgIpc) is 2.93. The zero-order chi connectivity index (χ0) is 30.0. The molecule has 0 aliphatic carbocycles. The minimum atomic E-state index is -0.671. The van der Waals surface area contributed by atoms with E-state index in [0.717, 1.165) is 38.5 Å². The van der Waals surface area contributed by atoms with Crippen molar-refractivity contribution in [1.82, 2.24) is 0 Å². The van der Waals surface area contributed by atoms with Gasteiger partial charge in [-0.25, -0.2) is 0 Å². The maximum absolute atomic E-state index is 13.6. The van der Waals surface area contributed by atoms with Gasteiger partial charge in [0.25, 0.3) is 0 Å². The van der Waals surface area contributed by atoms with E-state index in [-0.39, 0.29) is 11.9 Å². The molecule has 0 amide bonds. The number of rotatable bonds is 29. The first-order valence-corrected chi connectivity index (χ1v) is 17.7. The van der Waals surface area contributed by atoms with Gasteiger partial charge < -0.3 is 9.84 Å². The first-order valence-electron chi connectivity index (χ1n) is 17.7. The van der Waals surface area contributed by atoms with E-state index in [1.54, 1.807) is 0 Å². The van der Waals surface area contributed by atoms with E-state index >= 15 is 0 Å². The quantitative estimate of drug-likeness (QED) is 0.0722. The van der Waals surface area contributed by atoms with Crippen molar-refractivity contribution in [2.24, 2.45) is 29.6 Å². The fourth-order valence-electron chi connectivity index (χ4n) is 6.24. The predicted octanol–water partition coefficient (Wildman–Crippen LogP) is 11.4. The molecule has 0 fully saturated rings. The highest BCUT2D eigenvalue weighted by Crippen LogP contribution is 2.35. The fourth-order valence-corrected chi connectivity index (χ4v) is 6.24. The first-order chi connectivity index (χ1) is 19.3. The summed E-state index contributed by atoms with van der Waals surface area (Å²) in [6, 6.07) is 0. The molecule has 4 nitrogen and oxygen atoms in total. The summed E-state index contributed by atoms with van der Waals surface area (Å²) in [5, 5.41) is 8.71. The van der Waals surface area contributed by atoms with Gasteiger partial charge in [0, 0.05) is 6.42 Å². The summed E-state index contributed by atoms with van der Waals surface area (Å²) in [5.41, 5.74) is 0. The predicted molar refractivity (Wildman–Crippen MR) is 172 cm³/mol. The van der Waals surface area contributed by atoms with Crippen molar-refractivity contribution in [1.29, 1.82) is 0 Å². The average molecular weight is 567 g/mol. The Hall–Kier alpha value is -1.06. The molecule has 238 valence electrons. The summed E-state index contributed by atoms with van der Waals surface area (Å²) in [4.78, 5) is 24.2. The van der Waals surface area contributed by atoms with Gasteiger partial charge in [-0.15, -0.1) is 0 Å². The van der Waals surface area contributed by atoms with Crippen LogP contribution in [0.25, 0.3) is 0 Å². The van der Waals surface area contributed by atoms with Gasteiger partial charge in [0.15, 0.2) is 0 Å². The van der Waals surface area contributed by atoms with E-state index in [0.29, 0.717) is 36.7 Å². The van der Waals surface area contributed by atoms with Crippen molar-refractivity contribution >= 4 is 11.9 Å². The van der Waals surface area contributed by atoms with Crippen LogP contribution in [0.15, 0.2) is 0 Å². The van der Waals surface area contributed by atoms with E-state index in [1.165, 1.54) is 96.3 Å². The van der Waals surface area contributed by atoms with Gasteiger partial charge in [-0.05, 0) is 49.4 Å². The number of esters is 1. The summed E-state index contributed by atoms with van der Waals surface area (Å²) in [5.74, 6) is 1.50. The third-order valence-corrected chi connectivity index (χ3v) is 9.24. The van der Waals surface area contributed by atoms with Gasteiger partial charge in [0.05, 0.1) is 12.5 Å². The Morgan fingerprint density at radius 2 is 1.10 bits per heavy atom. The van der Waals surface area contributed by atoms with Crippen LogP contribution in [-0.2, 0) is 14.3 Å². The maximum Gasteiger partial charge on any atom is 0.309 e. The number of carboxylic acids is 1. The molecule has 0 heterocycles. The number of carbonyl (C=O) groups is 2. The standard InChI is InChI=1S/C36H70O4/c1-7-11-24-31(9-3)28-34(36(39)40-29-32(10-4)25-12-8-2)33(30(5)6)26-22-20-18-16-14-13-15-17-19-21-23-27-35(37)38/h30-34H,7-29H2,1-6H3,(H,37,38). The Bertz CT molecular complexity index is 587. The topological polar surface area (TPSA) is 63.6 Å². The highest BCUT2D eigenvalue weighted by molar-refractivity contribution is 5.72. The molecule has 0 bridgehead atoms. The van der Waals surface area contributed by atoms with Crippen LogP contribution in [0.2, 0.25) is 0 Å². The Kier molecular flexibility index (Phi) is 26.1. The third-order valence-electron chi connectivity index (χ3n) is 9.24. The molecular weight excluding hydrogens is 496 g/mol. The molecule has 40 heavy (non-hydrogen) atoms. The SMILES string of the molecule is CCCCC(CC)COC(=O)C(CC(CC)CCCC)C(CCCCCCCCCCCCCC(=O)O)C(C)C. The monoisotopic (exact) mass is 567 g/mol. The summed E-state index contributed by atoms with van der Waals surface area (Å²) in [6.45, 7) is 14.3. The molecule has 0 saturated carbocycles. The van der Waals surface area contributed by atoms with E-state index in [1.807, 2.05) is 0 Å². The van der Waals surface area contributed by atoms with Crippen LogP contribution in [0.1, 0.15) is 183 Å². The molecule has 1 N–H and O–H groups in total. The van der Waals surface area contributed by atoms with Crippen molar-refractivity contribution in [3.63, 3.8) is 0 Å². The van der Waals surface area contributed by atoms with Crippen LogP contribution < -0.4 is 0 Å². The molecule has 0 rings (SSSR count). The Morgan fingerprint density at radius 3 is 1.55 bits per heavy atom. The number of hydrogen-bond acceptors (Lipinski definition) is 3.